The molecule has 3 rings (SSSR count). The molecule has 1 aromatic carbocycles. The first-order valence-corrected chi connectivity index (χ1v) is 8.64. The minimum Gasteiger partial charge on any atom is -0.200 e. The van der Waals surface area contributed by atoms with Crippen molar-refractivity contribution in [2.75, 3.05) is 0 Å². The molecule has 2 aliphatic rings. The van der Waals surface area contributed by atoms with E-state index < -0.39 is 10.0 Å². The summed E-state index contributed by atoms with van der Waals surface area (Å²) in [4.78, 5) is 2.58. The van der Waals surface area contributed by atoms with Gasteiger partial charge in [-0.25, -0.2) is 4.83 Å². The van der Waals surface area contributed by atoms with E-state index in [2.05, 4.69) is 9.93 Å². The molecule has 5 heteroatoms. The van der Waals surface area contributed by atoms with Crippen LogP contribution in [0.5, 0.6) is 0 Å². The molecule has 3 atom stereocenters. The van der Waals surface area contributed by atoms with Gasteiger partial charge in [-0.15, -0.1) is 0 Å². The maximum atomic E-state index is 12.1. The van der Waals surface area contributed by atoms with Crippen LogP contribution in [-0.4, -0.2) is 14.6 Å². The van der Waals surface area contributed by atoms with Crippen LogP contribution in [-0.2, 0) is 10.0 Å². The first-order chi connectivity index (χ1) is 9.54. The fraction of sp³-hybridized carbons (Fsp3) is 0.533. The number of fused-ring (bicyclic) bond motifs is 2. The molecule has 0 spiro atoms. The van der Waals surface area contributed by atoms with E-state index in [1.807, 2.05) is 6.92 Å². The maximum absolute atomic E-state index is 12.1. The molecule has 4 nitrogen and oxygen atoms in total. The highest BCUT2D eigenvalue weighted by atomic mass is 32.2. The van der Waals surface area contributed by atoms with E-state index in [-0.39, 0.29) is 4.90 Å². The lowest BCUT2D eigenvalue weighted by Crippen LogP contribution is -2.20. The van der Waals surface area contributed by atoms with Gasteiger partial charge in [0.2, 0.25) is 0 Å². The van der Waals surface area contributed by atoms with Gasteiger partial charge >= 0.3 is 0 Å². The number of rotatable bonds is 4. The van der Waals surface area contributed by atoms with Crippen LogP contribution in [0.25, 0.3) is 0 Å². The molecule has 0 amide bonds. The van der Waals surface area contributed by atoms with Crippen molar-refractivity contribution in [3.8, 4) is 0 Å². The van der Waals surface area contributed by atoms with Crippen LogP contribution in [0.15, 0.2) is 34.3 Å². The fourth-order valence-electron chi connectivity index (χ4n) is 3.44. The van der Waals surface area contributed by atoms with E-state index in [9.17, 15) is 8.42 Å². The maximum Gasteiger partial charge on any atom is 0.276 e. The summed E-state index contributed by atoms with van der Waals surface area (Å²) in [6.45, 7) is 1.93. The predicted molar refractivity (Wildman–Crippen MR) is 78.9 cm³/mol. The Labute approximate surface area is 120 Å². The summed E-state index contributed by atoms with van der Waals surface area (Å²) in [5.41, 5.74) is 1.04. The van der Waals surface area contributed by atoms with E-state index in [0.717, 1.165) is 11.5 Å². The van der Waals surface area contributed by atoms with Crippen LogP contribution in [0.2, 0.25) is 0 Å². The third-order valence-electron chi connectivity index (χ3n) is 4.56. The van der Waals surface area contributed by atoms with Crippen LogP contribution < -0.4 is 4.83 Å². The number of nitrogens with one attached hydrogen (secondary N) is 1. The molecule has 108 valence electrons. The molecular weight excluding hydrogens is 272 g/mol. The predicted octanol–water partition coefficient (Wildman–Crippen LogP) is 2.70. The van der Waals surface area contributed by atoms with Crippen LogP contribution in [0.4, 0.5) is 0 Å². The second-order valence-electron chi connectivity index (χ2n) is 6.02. The molecule has 0 aromatic heterocycles. The second kappa shape index (κ2) is 5.20. The van der Waals surface area contributed by atoms with Gasteiger partial charge in [-0.2, -0.15) is 13.5 Å². The first kappa shape index (κ1) is 13.6. The van der Waals surface area contributed by atoms with Crippen LogP contribution in [0, 0.1) is 24.7 Å². The van der Waals surface area contributed by atoms with Crippen LogP contribution >= 0.6 is 0 Å². The Kier molecular flexibility index (Phi) is 3.54. The minimum atomic E-state index is -3.53. The summed E-state index contributed by atoms with van der Waals surface area (Å²) < 4.78 is 24.1. The highest BCUT2D eigenvalue weighted by Gasteiger charge is 2.38. The van der Waals surface area contributed by atoms with Crippen molar-refractivity contribution in [2.24, 2.45) is 22.9 Å². The molecule has 2 fully saturated rings. The standard InChI is InChI=1S/C15H20N2O2S/c1-11-2-6-15(7-3-11)20(18,19)17-16-10-14-9-12-4-5-13(14)8-12/h2-3,6-7,10,12-14,17H,4-5,8-9H2,1H3. The number of sulfonamides is 1. The summed E-state index contributed by atoms with van der Waals surface area (Å²) in [6, 6.07) is 6.78. The topological polar surface area (TPSA) is 58.5 Å². The lowest BCUT2D eigenvalue weighted by Gasteiger charge is -2.16. The van der Waals surface area contributed by atoms with Crippen LogP contribution in [0.3, 0.4) is 0 Å². The summed E-state index contributed by atoms with van der Waals surface area (Å²) in [5, 5.41) is 3.98. The van der Waals surface area contributed by atoms with Crippen molar-refractivity contribution >= 4 is 16.2 Å². The van der Waals surface area contributed by atoms with E-state index in [1.54, 1.807) is 30.5 Å². The van der Waals surface area contributed by atoms with Crippen LogP contribution in [0.1, 0.15) is 31.2 Å². The van der Waals surface area contributed by atoms with Crippen molar-refractivity contribution in [1.29, 1.82) is 0 Å². The second-order valence-corrected chi connectivity index (χ2v) is 7.69. The number of nitrogens with zero attached hydrogens (tertiary/aromatic N) is 1. The normalized spacial score (nSPS) is 29.1. The Bertz CT molecular complexity index is 607. The molecule has 2 bridgehead atoms. The molecule has 2 aliphatic carbocycles. The van der Waals surface area contributed by atoms with Gasteiger partial charge in [0.25, 0.3) is 10.0 Å². The number of hydrazone groups is 1. The lowest BCUT2D eigenvalue weighted by molar-refractivity contribution is 0.420. The van der Waals surface area contributed by atoms with Gasteiger partial charge in [0, 0.05) is 6.21 Å². The van der Waals surface area contributed by atoms with E-state index in [1.165, 1.54) is 25.7 Å². The highest BCUT2D eigenvalue weighted by molar-refractivity contribution is 7.89. The average molecular weight is 292 g/mol. The smallest absolute Gasteiger partial charge is 0.200 e. The van der Waals surface area contributed by atoms with E-state index >= 15 is 0 Å². The monoisotopic (exact) mass is 292 g/mol. The third-order valence-corrected chi connectivity index (χ3v) is 5.80. The zero-order valence-corrected chi connectivity index (χ0v) is 12.4. The minimum absolute atomic E-state index is 0.258. The van der Waals surface area contributed by atoms with E-state index in [4.69, 9.17) is 0 Å². The van der Waals surface area contributed by atoms with Crippen molar-refractivity contribution in [1.82, 2.24) is 4.83 Å². The molecule has 0 aliphatic heterocycles. The van der Waals surface area contributed by atoms with Crippen molar-refractivity contribution in [3.05, 3.63) is 29.8 Å². The Morgan fingerprint density at radius 3 is 2.55 bits per heavy atom. The summed E-state index contributed by atoms with van der Waals surface area (Å²) >= 11 is 0. The van der Waals surface area contributed by atoms with Gasteiger partial charge < -0.3 is 0 Å². The van der Waals surface area contributed by atoms with Gasteiger partial charge in [-0.3, -0.25) is 0 Å². The molecule has 2 saturated carbocycles. The molecule has 20 heavy (non-hydrogen) atoms. The SMILES string of the molecule is Cc1ccc(S(=O)(=O)NN=CC2CC3CCC2C3)cc1. The Balaban J connectivity index is 1.64. The highest BCUT2D eigenvalue weighted by Crippen LogP contribution is 2.47. The average Bonchev–Trinajstić information content (AvgIpc) is 3.01. The molecule has 0 radical (unpaired) electrons. The lowest BCUT2D eigenvalue weighted by atomic mass is 9.90. The third kappa shape index (κ3) is 2.73. The molecule has 0 saturated heterocycles. The Hall–Kier alpha value is -1.36. The first-order valence-electron chi connectivity index (χ1n) is 7.16. The van der Waals surface area contributed by atoms with Crippen molar-refractivity contribution in [3.63, 3.8) is 0 Å². The molecule has 0 heterocycles. The van der Waals surface area contributed by atoms with Gasteiger partial charge in [-0.05, 0) is 56.1 Å². The summed E-state index contributed by atoms with van der Waals surface area (Å²) in [5.74, 6) is 2.01. The van der Waals surface area contributed by atoms with Gasteiger partial charge in [0.1, 0.15) is 0 Å². The van der Waals surface area contributed by atoms with Gasteiger partial charge in [0.05, 0.1) is 4.90 Å². The zero-order chi connectivity index (χ0) is 14.2. The van der Waals surface area contributed by atoms with E-state index in [0.29, 0.717) is 11.8 Å². The fourth-order valence-corrected chi connectivity index (χ4v) is 4.24. The Morgan fingerprint density at radius 1 is 1.20 bits per heavy atom. The van der Waals surface area contributed by atoms with Gasteiger partial charge in [0.15, 0.2) is 0 Å². The number of benzene rings is 1. The van der Waals surface area contributed by atoms with Crippen molar-refractivity contribution < 1.29 is 8.42 Å². The molecule has 3 unspecified atom stereocenters. The number of aryl methyl sites for hydroxylation is 1. The molecular formula is C15H20N2O2S. The Morgan fingerprint density at radius 2 is 1.95 bits per heavy atom. The zero-order valence-electron chi connectivity index (χ0n) is 11.6. The number of hydrogen-bond donors (Lipinski definition) is 1. The van der Waals surface area contributed by atoms with Crippen molar-refractivity contribution in [2.45, 2.75) is 37.5 Å². The number of hydrogen-bond acceptors (Lipinski definition) is 3. The largest absolute Gasteiger partial charge is 0.276 e. The molecule has 1 N–H and O–H groups in total. The summed E-state index contributed by atoms with van der Waals surface area (Å²) in [7, 11) is -3.53. The van der Waals surface area contributed by atoms with Gasteiger partial charge in [-0.1, -0.05) is 24.1 Å². The molecule has 1 aromatic rings. The quantitative estimate of drug-likeness (QED) is 0.685. The summed E-state index contributed by atoms with van der Waals surface area (Å²) in [6.07, 6.45) is 6.87.